The first kappa shape index (κ1) is 15.4. The van der Waals surface area contributed by atoms with Gasteiger partial charge in [-0.25, -0.2) is 4.98 Å². The number of rotatable bonds is 2. The maximum Gasteiger partial charge on any atom is 0.417 e. The van der Waals surface area contributed by atoms with Crippen LogP contribution in [0.3, 0.4) is 0 Å². The molecule has 112 valence electrons. The number of aromatic nitrogens is 1. The molecule has 0 saturated heterocycles. The molecule has 1 aromatic heterocycles. The van der Waals surface area contributed by atoms with Crippen LogP contribution >= 0.6 is 11.6 Å². The Kier molecular flexibility index (Phi) is 4.19. The van der Waals surface area contributed by atoms with Crippen molar-refractivity contribution >= 4 is 17.4 Å². The topological polar surface area (TPSA) is 24.9 Å². The normalized spacial score (nSPS) is 22.6. The van der Waals surface area contributed by atoms with Gasteiger partial charge in [0.05, 0.1) is 10.6 Å². The van der Waals surface area contributed by atoms with Gasteiger partial charge in [0.1, 0.15) is 5.82 Å². The smallest absolute Gasteiger partial charge is 0.366 e. The van der Waals surface area contributed by atoms with Crippen molar-refractivity contribution in [1.29, 1.82) is 0 Å². The Morgan fingerprint density at radius 1 is 1.40 bits per heavy atom. The van der Waals surface area contributed by atoms with E-state index >= 15 is 0 Å². The van der Waals surface area contributed by atoms with Gasteiger partial charge < -0.3 is 5.32 Å². The minimum atomic E-state index is -4.41. The monoisotopic (exact) mass is 306 g/mol. The standard InChI is InChI=1S/C14H18ClF3N2/c1-13(2)5-3-4-10(7-13)20-12-11(15)6-9(8-19-12)14(16,17)18/h6,8,10H,3-5,7H2,1-2H3,(H,19,20). The number of hydrogen-bond acceptors (Lipinski definition) is 2. The van der Waals surface area contributed by atoms with Crippen molar-refractivity contribution in [3.05, 3.63) is 22.8 Å². The summed E-state index contributed by atoms with van der Waals surface area (Å²) in [6, 6.07) is 1.13. The summed E-state index contributed by atoms with van der Waals surface area (Å²) < 4.78 is 37.6. The van der Waals surface area contributed by atoms with Crippen LogP contribution in [0, 0.1) is 5.41 Å². The van der Waals surface area contributed by atoms with Crippen molar-refractivity contribution in [2.75, 3.05) is 5.32 Å². The third-order valence-electron chi connectivity index (χ3n) is 3.71. The Morgan fingerprint density at radius 3 is 2.65 bits per heavy atom. The quantitative estimate of drug-likeness (QED) is 0.819. The maximum atomic E-state index is 12.5. The molecule has 1 N–H and O–H groups in total. The molecular weight excluding hydrogens is 289 g/mol. The summed E-state index contributed by atoms with van der Waals surface area (Å²) in [6.45, 7) is 4.39. The minimum Gasteiger partial charge on any atom is -0.366 e. The van der Waals surface area contributed by atoms with Crippen LogP contribution in [-0.2, 0) is 6.18 Å². The molecule has 1 aliphatic rings. The lowest BCUT2D eigenvalue weighted by atomic mass is 9.75. The highest BCUT2D eigenvalue weighted by Crippen LogP contribution is 2.37. The van der Waals surface area contributed by atoms with E-state index in [1.165, 1.54) is 6.42 Å². The van der Waals surface area contributed by atoms with Gasteiger partial charge in [-0.2, -0.15) is 13.2 Å². The van der Waals surface area contributed by atoms with E-state index in [-0.39, 0.29) is 16.5 Å². The third kappa shape index (κ3) is 3.78. The van der Waals surface area contributed by atoms with Gasteiger partial charge in [0.15, 0.2) is 0 Å². The van der Waals surface area contributed by atoms with Crippen molar-refractivity contribution in [3.63, 3.8) is 0 Å². The molecule has 2 rings (SSSR count). The molecule has 1 aliphatic carbocycles. The van der Waals surface area contributed by atoms with Gasteiger partial charge in [-0.15, -0.1) is 0 Å². The number of halogens is 4. The number of pyridine rings is 1. The molecule has 0 bridgehead atoms. The van der Waals surface area contributed by atoms with E-state index in [0.717, 1.165) is 31.5 Å². The van der Waals surface area contributed by atoms with Crippen LogP contribution in [0.15, 0.2) is 12.3 Å². The molecule has 1 aromatic rings. The third-order valence-corrected chi connectivity index (χ3v) is 4.00. The molecule has 0 spiro atoms. The van der Waals surface area contributed by atoms with Crippen LogP contribution in [-0.4, -0.2) is 11.0 Å². The average molecular weight is 307 g/mol. The average Bonchev–Trinajstić information content (AvgIpc) is 2.29. The summed E-state index contributed by atoms with van der Waals surface area (Å²) in [4.78, 5) is 3.82. The molecule has 1 fully saturated rings. The summed E-state index contributed by atoms with van der Waals surface area (Å²) in [6.07, 6.45) is 0.626. The summed E-state index contributed by atoms with van der Waals surface area (Å²) in [5.74, 6) is 0.336. The zero-order valence-electron chi connectivity index (χ0n) is 11.5. The fourth-order valence-corrected chi connectivity index (χ4v) is 2.93. The van der Waals surface area contributed by atoms with Crippen molar-refractivity contribution in [2.24, 2.45) is 5.41 Å². The van der Waals surface area contributed by atoms with Gasteiger partial charge in [-0.3, -0.25) is 0 Å². The van der Waals surface area contributed by atoms with Gasteiger partial charge in [0.25, 0.3) is 0 Å². The summed E-state index contributed by atoms with van der Waals surface area (Å²) in [5.41, 5.74) is -0.578. The molecule has 20 heavy (non-hydrogen) atoms. The van der Waals surface area contributed by atoms with Gasteiger partial charge >= 0.3 is 6.18 Å². The summed E-state index contributed by atoms with van der Waals surface area (Å²) >= 11 is 5.90. The Balaban J connectivity index is 2.10. The van der Waals surface area contributed by atoms with Crippen molar-refractivity contribution in [3.8, 4) is 0 Å². The molecule has 1 heterocycles. The van der Waals surface area contributed by atoms with Crippen LogP contribution < -0.4 is 5.32 Å². The van der Waals surface area contributed by atoms with Crippen molar-refractivity contribution < 1.29 is 13.2 Å². The van der Waals surface area contributed by atoms with Gasteiger partial charge in [0, 0.05) is 12.2 Å². The van der Waals surface area contributed by atoms with Crippen molar-refractivity contribution in [2.45, 2.75) is 51.7 Å². The highest BCUT2D eigenvalue weighted by molar-refractivity contribution is 6.33. The number of hydrogen-bond donors (Lipinski definition) is 1. The van der Waals surface area contributed by atoms with E-state index in [2.05, 4.69) is 24.1 Å². The first-order valence-corrected chi connectivity index (χ1v) is 7.04. The number of nitrogens with one attached hydrogen (secondary N) is 1. The van der Waals surface area contributed by atoms with Gasteiger partial charge in [-0.1, -0.05) is 31.9 Å². The molecule has 1 unspecified atom stereocenters. The first-order chi connectivity index (χ1) is 9.17. The van der Waals surface area contributed by atoms with E-state index in [1.54, 1.807) is 0 Å². The fraction of sp³-hybridized carbons (Fsp3) is 0.643. The molecule has 6 heteroatoms. The zero-order chi connectivity index (χ0) is 15.0. The second-order valence-electron chi connectivity index (χ2n) is 6.15. The molecule has 0 aromatic carbocycles. The highest BCUT2D eigenvalue weighted by atomic mass is 35.5. The predicted molar refractivity (Wildman–Crippen MR) is 73.9 cm³/mol. The number of anilines is 1. The number of nitrogens with zero attached hydrogens (tertiary/aromatic N) is 1. The molecular formula is C14H18ClF3N2. The molecule has 2 nitrogen and oxygen atoms in total. The SMILES string of the molecule is CC1(C)CCCC(Nc2ncc(C(F)(F)F)cc2Cl)C1. The molecule has 0 aliphatic heterocycles. The molecule has 0 radical (unpaired) electrons. The van der Waals surface area contributed by atoms with E-state index in [1.807, 2.05) is 0 Å². The summed E-state index contributed by atoms with van der Waals surface area (Å²) in [5, 5.41) is 3.19. The molecule has 1 saturated carbocycles. The van der Waals surface area contributed by atoms with Crippen LogP contribution in [0.25, 0.3) is 0 Å². The van der Waals surface area contributed by atoms with E-state index in [0.29, 0.717) is 5.82 Å². The van der Waals surface area contributed by atoms with Crippen LogP contribution in [0.4, 0.5) is 19.0 Å². The maximum absolute atomic E-state index is 12.5. The lowest BCUT2D eigenvalue weighted by Gasteiger charge is -2.35. The molecule has 0 amide bonds. The second-order valence-corrected chi connectivity index (χ2v) is 6.56. The lowest BCUT2D eigenvalue weighted by molar-refractivity contribution is -0.137. The van der Waals surface area contributed by atoms with Crippen molar-refractivity contribution in [1.82, 2.24) is 4.98 Å². The first-order valence-electron chi connectivity index (χ1n) is 6.67. The largest absolute Gasteiger partial charge is 0.417 e. The lowest BCUT2D eigenvalue weighted by Crippen LogP contribution is -2.32. The summed E-state index contributed by atoms with van der Waals surface area (Å²) in [7, 11) is 0. The van der Waals surface area contributed by atoms with E-state index < -0.39 is 11.7 Å². The van der Waals surface area contributed by atoms with E-state index in [9.17, 15) is 13.2 Å². The van der Waals surface area contributed by atoms with Crippen LogP contribution in [0.1, 0.15) is 45.1 Å². The van der Waals surface area contributed by atoms with Crippen LogP contribution in [0.2, 0.25) is 5.02 Å². The zero-order valence-corrected chi connectivity index (χ0v) is 12.3. The van der Waals surface area contributed by atoms with Gasteiger partial charge in [-0.05, 0) is 30.7 Å². The Labute approximate surface area is 121 Å². The van der Waals surface area contributed by atoms with E-state index in [4.69, 9.17) is 11.6 Å². The predicted octanol–water partition coefficient (Wildman–Crippen LogP) is 5.13. The fourth-order valence-electron chi connectivity index (χ4n) is 2.71. The van der Waals surface area contributed by atoms with Crippen LogP contribution in [0.5, 0.6) is 0 Å². The highest BCUT2D eigenvalue weighted by Gasteiger charge is 2.32. The Hall–Kier alpha value is -0.970. The minimum absolute atomic E-state index is 0.0169. The Bertz CT molecular complexity index is 486. The second kappa shape index (κ2) is 5.43. The molecule has 1 atom stereocenters. The van der Waals surface area contributed by atoms with Gasteiger partial charge in [0.2, 0.25) is 0 Å². The number of alkyl halides is 3. The Morgan fingerprint density at radius 2 is 2.10 bits per heavy atom.